The number of fused-ring (bicyclic) bond motifs is 2. The molecule has 28 heavy (non-hydrogen) atoms. The lowest BCUT2D eigenvalue weighted by molar-refractivity contribution is -0.114. The van der Waals surface area contributed by atoms with Crippen molar-refractivity contribution in [3.8, 4) is 11.5 Å². The predicted molar refractivity (Wildman–Crippen MR) is 109 cm³/mol. The van der Waals surface area contributed by atoms with Crippen LogP contribution in [-0.2, 0) is 22.4 Å². The van der Waals surface area contributed by atoms with Gasteiger partial charge in [0.15, 0.2) is 11.5 Å². The molecule has 0 saturated carbocycles. The SMILES string of the molecule is C=CC(=O)Nc1ccc2c(c1)OCO2.O=C(CCl)Nc1cccc2c1CCC2. The van der Waals surface area contributed by atoms with Crippen LogP contribution in [0.5, 0.6) is 11.5 Å². The number of alkyl halides is 1. The summed E-state index contributed by atoms with van der Waals surface area (Å²) >= 11 is 5.44. The molecule has 146 valence electrons. The van der Waals surface area contributed by atoms with Gasteiger partial charge in [0.2, 0.25) is 18.6 Å². The molecular weight excluding hydrogens is 380 g/mol. The molecule has 0 radical (unpaired) electrons. The molecule has 2 N–H and O–H groups in total. The Balaban J connectivity index is 0.000000161. The van der Waals surface area contributed by atoms with Gasteiger partial charge in [0.25, 0.3) is 0 Å². The standard InChI is InChI=1S/C11H12ClNO.C10H9NO3/c12-7-11(14)13-10-6-2-4-8-3-1-5-9(8)10;1-2-10(12)11-7-3-4-8-9(5-7)14-6-13-8/h2,4,6H,1,3,5,7H2,(H,13,14);2-5H,1,6H2,(H,11,12). The highest BCUT2D eigenvalue weighted by atomic mass is 35.5. The Morgan fingerprint density at radius 2 is 1.93 bits per heavy atom. The topological polar surface area (TPSA) is 76.7 Å². The fourth-order valence-corrected chi connectivity index (χ4v) is 3.15. The van der Waals surface area contributed by atoms with Crippen molar-refractivity contribution in [3.63, 3.8) is 0 Å². The number of benzene rings is 2. The summed E-state index contributed by atoms with van der Waals surface area (Å²) in [4.78, 5) is 22.1. The van der Waals surface area contributed by atoms with Crippen molar-refractivity contribution in [2.24, 2.45) is 0 Å². The molecule has 0 unspecified atom stereocenters. The summed E-state index contributed by atoms with van der Waals surface area (Å²) in [6.07, 6.45) is 4.58. The first-order chi connectivity index (χ1) is 13.6. The van der Waals surface area contributed by atoms with Crippen LogP contribution in [0, 0.1) is 0 Å². The van der Waals surface area contributed by atoms with Crippen molar-refractivity contribution in [1.82, 2.24) is 0 Å². The van der Waals surface area contributed by atoms with Crippen LogP contribution in [-0.4, -0.2) is 24.5 Å². The third-order valence-electron chi connectivity index (χ3n) is 4.37. The Hall–Kier alpha value is -2.99. The fraction of sp³-hybridized carbons (Fsp3) is 0.238. The molecule has 0 atom stereocenters. The van der Waals surface area contributed by atoms with Gasteiger partial charge in [-0.05, 0) is 54.7 Å². The number of halogens is 1. The molecule has 1 heterocycles. The molecule has 7 heteroatoms. The number of carbonyl (C=O) groups is 2. The first-order valence-corrected chi connectivity index (χ1v) is 9.44. The Morgan fingerprint density at radius 1 is 1.11 bits per heavy atom. The number of ether oxygens (including phenoxy) is 2. The Bertz CT molecular complexity index is 898. The number of hydrogen-bond acceptors (Lipinski definition) is 4. The van der Waals surface area contributed by atoms with Crippen LogP contribution in [0.2, 0.25) is 0 Å². The number of hydrogen-bond donors (Lipinski definition) is 2. The maximum Gasteiger partial charge on any atom is 0.247 e. The lowest BCUT2D eigenvalue weighted by Crippen LogP contribution is -2.13. The number of amides is 2. The first kappa shape index (κ1) is 19.8. The van der Waals surface area contributed by atoms with E-state index in [0.717, 1.165) is 18.5 Å². The van der Waals surface area contributed by atoms with E-state index in [1.54, 1.807) is 18.2 Å². The molecule has 1 aliphatic heterocycles. The molecule has 0 spiro atoms. The zero-order chi connectivity index (χ0) is 19.9. The molecule has 0 bridgehead atoms. The molecule has 2 aromatic rings. The second-order valence-electron chi connectivity index (χ2n) is 6.24. The van der Waals surface area contributed by atoms with Crippen LogP contribution >= 0.6 is 11.6 Å². The third-order valence-corrected chi connectivity index (χ3v) is 4.61. The zero-order valence-corrected chi connectivity index (χ0v) is 16.1. The maximum absolute atomic E-state index is 11.1. The van der Waals surface area contributed by atoms with Gasteiger partial charge in [-0.2, -0.15) is 0 Å². The van der Waals surface area contributed by atoms with E-state index in [-0.39, 0.29) is 24.5 Å². The van der Waals surface area contributed by atoms with E-state index in [4.69, 9.17) is 21.1 Å². The van der Waals surface area contributed by atoms with Gasteiger partial charge in [0.05, 0.1) is 0 Å². The van der Waals surface area contributed by atoms with Gasteiger partial charge in [-0.25, -0.2) is 0 Å². The second-order valence-corrected chi connectivity index (χ2v) is 6.51. The first-order valence-electron chi connectivity index (χ1n) is 8.90. The van der Waals surface area contributed by atoms with E-state index in [1.165, 1.54) is 23.6 Å². The number of anilines is 2. The van der Waals surface area contributed by atoms with Gasteiger partial charge >= 0.3 is 0 Å². The second kappa shape index (κ2) is 9.28. The summed E-state index contributed by atoms with van der Waals surface area (Å²) in [6, 6.07) is 11.3. The summed E-state index contributed by atoms with van der Waals surface area (Å²) in [5, 5.41) is 5.45. The van der Waals surface area contributed by atoms with Crippen LogP contribution in [0.1, 0.15) is 17.5 Å². The molecule has 1 aliphatic carbocycles. The summed E-state index contributed by atoms with van der Waals surface area (Å²) in [5.74, 6) is 0.980. The molecule has 2 aliphatic rings. The smallest absolute Gasteiger partial charge is 0.247 e. The van der Waals surface area contributed by atoms with Crippen LogP contribution in [0.3, 0.4) is 0 Å². The van der Waals surface area contributed by atoms with Crippen molar-refractivity contribution in [2.45, 2.75) is 19.3 Å². The third kappa shape index (κ3) is 4.84. The lowest BCUT2D eigenvalue weighted by Gasteiger charge is -2.08. The summed E-state index contributed by atoms with van der Waals surface area (Å²) in [7, 11) is 0. The van der Waals surface area contributed by atoms with E-state index in [1.807, 2.05) is 12.1 Å². The van der Waals surface area contributed by atoms with Crippen molar-refractivity contribution in [3.05, 3.63) is 60.2 Å². The molecule has 2 aromatic carbocycles. The molecular formula is C21H21ClN2O4. The van der Waals surface area contributed by atoms with E-state index in [2.05, 4.69) is 23.3 Å². The van der Waals surface area contributed by atoms with E-state index >= 15 is 0 Å². The fourth-order valence-electron chi connectivity index (χ4n) is 3.09. The summed E-state index contributed by atoms with van der Waals surface area (Å²) in [5.41, 5.74) is 4.24. The quantitative estimate of drug-likeness (QED) is 0.603. The van der Waals surface area contributed by atoms with E-state index in [0.29, 0.717) is 17.2 Å². The van der Waals surface area contributed by atoms with Crippen molar-refractivity contribution < 1.29 is 19.1 Å². The van der Waals surface area contributed by atoms with Gasteiger partial charge in [0.1, 0.15) is 5.88 Å². The van der Waals surface area contributed by atoms with Gasteiger partial charge < -0.3 is 20.1 Å². The van der Waals surface area contributed by atoms with Crippen molar-refractivity contribution in [2.75, 3.05) is 23.3 Å². The normalized spacial score (nSPS) is 13.0. The van der Waals surface area contributed by atoms with Gasteiger partial charge in [-0.3, -0.25) is 9.59 Å². The van der Waals surface area contributed by atoms with Crippen LogP contribution in [0.25, 0.3) is 0 Å². The van der Waals surface area contributed by atoms with Crippen molar-refractivity contribution >= 4 is 34.8 Å². The number of carbonyl (C=O) groups excluding carboxylic acids is 2. The Kier molecular flexibility index (Phi) is 6.55. The zero-order valence-electron chi connectivity index (χ0n) is 15.3. The van der Waals surface area contributed by atoms with Crippen LogP contribution < -0.4 is 20.1 Å². The largest absolute Gasteiger partial charge is 0.454 e. The molecule has 2 amide bonds. The molecule has 0 aromatic heterocycles. The molecule has 0 fully saturated rings. The highest BCUT2D eigenvalue weighted by molar-refractivity contribution is 6.29. The minimum Gasteiger partial charge on any atom is -0.454 e. The average Bonchev–Trinajstić information content (AvgIpc) is 3.37. The number of aryl methyl sites for hydroxylation is 1. The monoisotopic (exact) mass is 400 g/mol. The van der Waals surface area contributed by atoms with Crippen LogP contribution in [0.4, 0.5) is 11.4 Å². The van der Waals surface area contributed by atoms with Crippen LogP contribution in [0.15, 0.2) is 49.1 Å². The summed E-state index contributed by atoms with van der Waals surface area (Å²) < 4.78 is 10.3. The molecule has 6 nitrogen and oxygen atoms in total. The molecule has 4 rings (SSSR count). The summed E-state index contributed by atoms with van der Waals surface area (Å²) in [6.45, 7) is 3.59. The minimum absolute atomic E-state index is 0.0175. The van der Waals surface area contributed by atoms with Gasteiger partial charge in [-0.1, -0.05) is 18.7 Å². The predicted octanol–water partition coefficient (Wildman–Crippen LogP) is 3.89. The Labute approximate surface area is 168 Å². The van der Waals surface area contributed by atoms with Gasteiger partial charge in [-0.15, -0.1) is 11.6 Å². The van der Waals surface area contributed by atoms with Gasteiger partial charge in [0, 0.05) is 17.4 Å². The number of rotatable bonds is 4. The highest BCUT2D eigenvalue weighted by Crippen LogP contribution is 2.34. The van der Waals surface area contributed by atoms with E-state index in [9.17, 15) is 9.59 Å². The Morgan fingerprint density at radius 3 is 2.71 bits per heavy atom. The highest BCUT2D eigenvalue weighted by Gasteiger charge is 2.15. The average molecular weight is 401 g/mol. The van der Waals surface area contributed by atoms with Crippen molar-refractivity contribution in [1.29, 1.82) is 0 Å². The molecule has 0 saturated heterocycles. The minimum atomic E-state index is -0.246. The lowest BCUT2D eigenvalue weighted by atomic mass is 10.1. The number of nitrogens with one attached hydrogen (secondary N) is 2. The maximum atomic E-state index is 11.1. The van der Waals surface area contributed by atoms with E-state index < -0.39 is 0 Å².